The Balaban J connectivity index is 2.63. The molecule has 1 N–H and O–H groups in total. The molecule has 0 bridgehead atoms. The number of carboxylic acids is 1. The summed E-state index contributed by atoms with van der Waals surface area (Å²) in [5.41, 5.74) is -0.460. The third-order valence-electron chi connectivity index (χ3n) is 3.91. The Hall–Kier alpha value is -0.570. The van der Waals surface area contributed by atoms with Crippen LogP contribution in [0.4, 0.5) is 0 Å². The smallest absolute Gasteiger partial charge is 0.310 e. The molecule has 1 saturated carbocycles. The van der Waals surface area contributed by atoms with E-state index in [4.69, 9.17) is 0 Å². The zero-order valence-corrected chi connectivity index (χ0v) is 10.1. The summed E-state index contributed by atoms with van der Waals surface area (Å²) >= 11 is 0. The number of carboxylic acid groups (broad SMARTS) is 1. The molecular weight excluding hydrogens is 190 g/mol. The van der Waals surface area contributed by atoms with Crippen LogP contribution in [-0.2, 0) is 4.79 Å². The molecule has 1 rings (SSSR count). The molecule has 0 aromatic rings. The van der Waals surface area contributed by atoms with Crippen LogP contribution in [0.2, 0.25) is 0 Å². The van der Waals surface area contributed by atoms with Crippen LogP contribution in [0.5, 0.6) is 0 Å². The second kappa shape index (κ2) is 4.97. The minimum atomic E-state index is -0.602. The van der Waals surface area contributed by atoms with Gasteiger partial charge in [-0.2, -0.15) is 0 Å². The lowest BCUT2D eigenvalue weighted by Gasteiger charge is -2.32. The molecule has 0 aromatic heterocycles. The van der Waals surface area contributed by atoms with Crippen molar-refractivity contribution in [2.24, 2.45) is 5.41 Å². The first kappa shape index (κ1) is 12.5. The summed E-state index contributed by atoms with van der Waals surface area (Å²) in [7, 11) is 2.04. The van der Waals surface area contributed by atoms with Crippen molar-refractivity contribution in [2.45, 2.75) is 52.0 Å². The first-order valence-corrected chi connectivity index (χ1v) is 5.95. The lowest BCUT2D eigenvalue weighted by Crippen LogP contribution is -2.43. The Bertz CT molecular complexity index is 222. The van der Waals surface area contributed by atoms with Crippen LogP contribution in [-0.4, -0.2) is 35.6 Å². The largest absolute Gasteiger partial charge is 0.481 e. The minimum absolute atomic E-state index is 0.460. The van der Waals surface area contributed by atoms with Crippen molar-refractivity contribution in [2.75, 3.05) is 13.6 Å². The maximum atomic E-state index is 11.3. The summed E-state index contributed by atoms with van der Waals surface area (Å²) in [5.74, 6) is -0.602. The zero-order chi connectivity index (χ0) is 11.5. The van der Waals surface area contributed by atoms with Gasteiger partial charge in [-0.3, -0.25) is 4.79 Å². The monoisotopic (exact) mass is 213 g/mol. The van der Waals surface area contributed by atoms with E-state index in [1.165, 1.54) is 0 Å². The van der Waals surface area contributed by atoms with Gasteiger partial charge in [-0.25, -0.2) is 0 Å². The Morgan fingerprint density at radius 3 is 2.40 bits per heavy atom. The second-order valence-electron chi connectivity index (χ2n) is 4.96. The third-order valence-corrected chi connectivity index (χ3v) is 3.91. The molecule has 1 fully saturated rings. The first-order chi connectivity index (χ1) is 7.02. The number of nitrogens with zero attached hydrogens (tertiary/aromatic N) is 1. The third kappa shape index (κ3) is 2.71. The van der Waals surface area contributed by atoms with Gasteiger partial charge >= 0.3 is 5.97 Å². The van der Waals surface area contributed by atoms with E-state index >= 15 is 0 Å². The van der Waals surface area contributed by atoms with E-state index in [-0.39, 0.29) is 0 Å². The Labute approximate surface area is 92.5 Å². The van der Waals surface area contributed by atoms with Gasteiger partial charge in [0.05, 0.1) is 5.41 Å². The van der Waals surface area contributed by atoms with Crippen LogP contribution in [0.1, 0.15) is 46.0 Å². The maximum Gasteiger partial charge on any atom is 0.310 e. The summed E-state index contributed by atoms with van der Waals surface area (Å²) < 4.78 is 0. The molecule has 1 aliphatic rings. The van der Waals surface area contributed by atoms with Crippen LogP contribution in [0, 0.1) is 5.41 Å². The standard InChI is InChI=1S/C12H23NO2/c1-4-10(2)13(3)9-12(11(14)15)7-5-6-8-12/h10H,4-9H2,1-3H3,(H,14,15). The zero-order valence-electron chi connectivity index (χ0n) is 10.1. The molecule has 0 radical (unpaired) electrons. The molecule has 1 aliphatic carbocycles. The average Bonchev–Trinajstić information content (AvgIpc) is 2.66. The fourth-order valence-corrected chi connectivity index (χ4v) is 2.44. The van der Waals surface area contributed by atoms with Crippen molar-refractivity contribution in [1.29, 1.82) is 0 Å². The molecule has 3 heteroatoms. The molecule has 88 valence electrons. The van der Waals surface area contributed by atoms with Gasteiger partial charge in [0.1, 0.15) is 0 Å². The predicted molar refractivity (Wildman–Crippen MR) is 60.9 cm³/mol. The van der Waals surface area contributed by atoms with E-state index in [2.05, 4.69) is 18.7 Å². The normalized spacial score (nSPS) is 21.9. The van der Waals surface area contributed by atoms with E-state index in [9.17, 15) is 9.90 Å². The topological polar surface area (TPSA) is 40.5 Å². The SMILES string of the molecule is CCC(C)N(C)CC1(C(=O)O)CCCC1. The molecule has 0 aromatic carbocycles. The summed E-state index contributed by atoms with van der Waals surface area (Å²) in [6, 6.07) is 0.474. The lowest BCUT2D eigenvalue weighted by atomic mass is 9.85. The van der Waals surface area contributed by atoms with Crippen molar-refractivity contribution >= 4 is 5.97 Å². The van der Waals surface area contributed by atoms with Gasteiger partial charge in [-0.05, 0) is 33.2 Å². The van der Waals surface area contributed by atoms with E-state index in [1.807, 2.05) is 7.05 Å². The molecule has 3 nitrogen and oxygen atoms in total. The van der Waals surface area contributed by atoms with Crippen molar-refractivity contribution in [1.82, 2.24) is 4.90 Å². The van der Waals surface area contributed by atoms with Crippen LogP contribution < -0.4 is 0 Å². The van der Waals surface area contributed by atoms with Crippen LogP contribution >= 0.6 is 0 Å². The number of rotatable bonds is 5. The van der Waals surface area contributed by atoms with Crippen molar-refractivity contribution in [3.05, 3.63) is 0 Å². The quantitative estimate of drug-likeness (QED) is 0.762. The Morgan fingerprint density at radius 2 is 2.00 bits per heavy atom. The van der Waals surface area contributed by atoms with Gasteiger partial charge in [-0.1, -0.05) is 19.8 Å². The van der Waals surface area contributed by atoms with Crippen molar-refractivity contribution in [3.63, 3.8) is 0 Å². The van der Waals surface area contributed by atoms with Gasteiger partial charge in [0, 0.05) is 12.6 Å². The molecule has 15 heavy (non-hydrogen) atoms. The predicted octanol–water partition coefficient (Wildman–Crippen LogP) is 2.36. The van der Waals surface area contributed by atoms with E-state index in [0.717, 1.165) is 32.1 Å². The van der Waals surface area contributed by atoms with E-state index in [0.29, 0.717) is 12.6 Å². The highest BCUT2D eigenvalue weighted by atomic mass is 16.4. The van der Waals surface area contributed by atoms with Gasteiger partial charge in [0.2, 0.25) is 0 Å². The molecule has 0 saturated heterocycles. The molecular formula is C12H23NO2. The van der Waals surface area contributed by atoms with Gasteiger partial charge in [0.15, 0.2) is 0 Å². The summed E-state index contributed by atoms with van der Waals surface area (Å²) in [5, 5.41) is 9.34. The second-order valence-corrected chi connectivity index (χ2v) is 4.96. The molecule has 0 aliphatic heterocycles. The average molecular weight is 213 g/mol. The highest BCUT2D eigenvalue weighted by Crippen LogP contribution is 2.39. The Kier molecular flexibility index (Phi) is 4.14. The van der Waals surface area contributed by atoms with Crippen molar-refractivity contribution < 1.29 is 9.90 Å². The lowest BCUT2D eigenvalue weighted by molar-refractivity contribution is -0.150. The van der Waals surface area contributed by atoms with Gasteiger partial charge in [0.25, 0.3) is 0 Å². The summed E-state index contributed by atoms with van der Waals surface area (Å²) in [6.45, 7) is 5.01. The van der Waals surface area contributed by atoms with E-state index in [1.54, 1.807) is 0 Å². The highest BCUT2D eigenvalue weighted by molar-refractivity contribution is 5.75. The molecule has 0 heterocycles. The summed E-state index contributed by atoms with van der Waals surface area (Å²) in [6.07, 6.45) is 4.92. The molecule has 1 unspecified atom stereocenters. The molecule has 0 spiro atoms. The number of hydrogen-bond donors (Lipinski definition) is 1. The summed E-state index contributed by atoms with van der Waals surface area (Å²) in [4.78, 5) is 13.5. The fourth-order valence-electron chi connectivity index (χ4n) is 2.44. The number of hydrogen-bond acceptors (Lipinski definition) is 2. The maximum absolute atomic E-state index is 11.3. The number of aliphatic carboxylic acids is 1. The van der Waals surface area contributed by atoms with Crippen LogP contribution in [0.15, 0.2) is 0 Å². The van der Waals surface area contributed by atoms with Crippen molar-refractivity contribution in [3.8, 4) is 0 Å². The first-order valence-electron chi connectivity index (χ1n) is 5.95. The minimum Gasteiger partial charge on any atom is -0.481 e. The van der Waals surface area contributed by atoms with Crippen LogP contribution in [0.25, 0.3) is 0 Å². The molecule has 0 amide bonds. The van der Waals surface area contributed by atoms with Gasteiger partial charge in [-0.15, -0.1) is 0 Å². The number of carbonyl (C=O) groups is 1. The molecule has 1 atom stereocenters. The van der Waals surface area contributed by atoms with E-state index < -0.39 is 11.4 Å². The highest BCUT2D eigenvalue weighted by Gasteiger charge is 2.42. The fraction of sp³-hybridized carbons (Fsp3) is 0.917. The van der Waals surface area contributed by atoms with Crippen LogP contribution in [0.3, 0.4) is 0 Å². The Morgan fingerprint density at radius 1 is 1.47 bits per heavy atom. The van der Waals surface area contributed by atoms with Gasteiger partial charge < -0.3 is 10.0 Å².